The third-order valence-corrected chi connectivity index (χ3v) is 6.10. The van der Waals surface area contributed by atoms with Crippen LogP contribution in [0.2, 0.25) is 0 Å². The monoisotopic (exact) mass is 434 g/mol. The molecule has 164 valence electrons. The molecule has 2 aromatic heterocycles. The number of hydrogen-bond acceptors (Lipinski definition) is 8. The van der Waals surface area contributed by atoms with E-state index in [1.807, 2.05) is 24.3 Å². The normalized spacial score (nSPS) is 19.0. The molecule has 2 aliphatic rings. The summed E-state index contributed by atoms with van der Waals surface area (Å²) in [6, 6.07) is 9.30. The standard InChI is InChI=1S/C23H22N4O5/c1-2-23(30)17-9-19-20-15(11-27(19)21(28)16(17)12-31-22(23)29)14(10-25-32-8-7-24)13-5-3-4-6-18(13)26-20/h3-6,9-10,30H,2,7-8,11-12,24H2,1H3/b25-10-/t23-/m0/s1. The Labute approximate surface area is 183 Å². The summed E-state index contributed by atoms with van der Waals surface area (Å²) in [6.45, 7) is 2.43. The highest BCUT2D eigenvalue weighted by Crippen LogP contribution is 2.39. The maximum Gasteiger partial charge on any atom is 0.343 e. The second-order valence-corrected chi connectivity index (χ2v) is 7.83. The maximum absolute atomic E-state index is 13.3. The molecule has 1 atom stereocenters. The second kappa shape index (κ2) is 7.54. The van der Waals surface area contributed by atoms with Crippen molar-refractivity contribution in [2.24, 2.45) is 10.9 Å². The van der Waals surface area contributed by atoms with E-state index in [0.29, 0.717) is 17.9 Å². The van der Waals surface area contributed by atoms with Crippen molar-refractivity contribution in [2.45, 2.75) is 32.1 Å². The van der Waals surface area contributed by atoms with Gasteiger partial charge in [-0.05, 0) is 18.6 Å². The fourth-order valence-corrected chi connectivity index (χ4v) is 4.40. The average Bonchev–Trinajstić information content (AvgIpc) is 3.17. The van der Waals surface area contributed by atoms with Crippen LogP contribution in [-0.4, -0.2) is 40.0 Å². The molecule has 0 bridgehead atoms. The summed E-state index contributed by atoms with van der Waals surface area (Å²) in [6.07, 6.45) is 1.71. The third kappa shape index (κ3) is 2.85. The lowest BCUT2D eigenvalue weighted by Crippen LogP contribution is -2.44. The van der Waals surface area contributed by atoms with Crippen LogP contribution in [-0.2, 0) is 33.1 Å². The van der Waals surface area contributed by atoms with Crippen molar-refractivity contribution >= 4 is 23.1 Å². The minimum atomic E-state index is -1.86. The number of cyclic esters (lactones) is 1. The van der Waals surface area contributed by atoms with Crippen LogP contribution in [0.25, 0.3) is 22.3 Å². The Kier molecular flexibility index (Phi) is 4.79. The topological polar surface area (TPSA) is 129 Å². The number of fused-ring (bicyclic) bond motifs is 5. The minimum Gasteiger partial charge on any atom is -0.458 e. The fraction of sp³-hybridized carbons (Fsp3) is 0.304. The number of rotatable bonds is 5. The molecule has 0 saturated carbocycles. The molecule has 32 heavy (non-hydrogen) atoms. The lowest BCUT2D eigenvalue weighted by atomic mass is 9.86. The molecule has 0 saturated heterocycles. The molecule has 0 spiro atoms. The average molecular weight is 434 g/mol. The number of nitrogens with zero attached hydrogens (tertiary/aromatic N) is 3. The smallest absolute Gasteiger partial charge is 0.343 e. The number of hydrogen-bond donors (Lipinski definition) is 2. The Morgan fingerprint density at radius 3 is 2.94 bits per heavy atom. The van der Waals surface area contributed by atoms with E-state index in [0.717, 1.165) is 22.0 Å². The molecule has 3 N–H and O–H groups in total. The van der Waals surface area contributed by atoms with Crippen LogP contribution in [0.4, 0.5) is 0 Å². The van der Waals surface area contributed by atoms with Gasteiger partial charge in [0.15, 0.2) is 5.60 Å². The van der Waals surface area contributed by atoms with Crippen LogP contribution in [0.5, 0.6) is 0 Å². The summed E-state index contributed by atoms with van der Waals surface area (Å²) in [4.78, 5) is 35.7. The van der Waals surface area contributed by atoms with Gasteiger partial charge in [0.05, 0.1) is 35.2 Å². The van der Waals surface area contributed by atoms with Gasteiger partial charge in [0.2, 0.25) is 0 Å². The van der Waals surface area contributed by atoms with Crippen molar-refractivity contribution in [2.75, 3.05) is 13.2 Å². The van der Waals surface area contributed by atoms with E-state index >= 15 is 0 Å². The van der Waals surface area contributed by atoms with E-state index in [4.69, 9.17) is 20.3 Å². The second-order valence-electron chi connectivity index (χ2n) is 7.83. The molecule has 0 fully saturated rings. The number of carbonyl (C=O) groups excluding carboxylic acids is 1. The molecular formula is C23H22N4O5. The third-order valence-electron chi connectivity index (χ3n) is 6.10. The number of aliphatic hydroxyl groups is 1. The van der Waals surface area contributed by atoms with Gasteiger partial charge < -0.3 is 25.0 Å². The molecule has 2 aliphatic heterocycles. The number of ether oxygens (including phenoxy) is 1. The molecule has 9 nitrogen and oxygen atoms in total. The van der Waals surface area contributed by atoms with E-state index in [1.54, 1.807) is 23.8 Å². The maximum atomic E-state index is 13.3. The first-order chi connectivity index (χ1) is 15.5. The van der Waals surface area contributed by atoms with Crippen molar-refractivity contribution in [3.63, 3.8) is 0 Å². The van der Waals surface area contributed by atoms with Crippen molar-refractivity contribution in [3.8, 4) is 11.4 Å². The first kappa shape index (κ1) is 20.3. The molecule has 0 unspecified atom stereocenters. The Morgan fingerprint density at radius 2 is 2.16 bits per heavy atom. The Bertz CT molecular complexity index is 1350. The fourth-order valence-electron chi connectivity index (χ4n) is 4.40. The van der Waals surface area contributed by atoms with Crippen LogP contribution in [0.3, 0.4) is 0 Å². The zero-order valence-corrected chi connectivity index (χ0v) is 17.5. The van der Waals surface area contributed by atoms with E-state index in [1.165, 1.54) is 0 Å². The highest BCUT2D eigenvalue weighted by molar-refractivity contribution is 6.02. The van der Waals surface area contributed by atoms with Crippen LogP contribution in [0.15, 0.2) is 40.3 Å². The van der Waals surface area contributed by atoms with E-state index in [2.05, 4.69) is 5.16 Å². The van der Waals surface area contributed by atoms with Crippen molar-refractivity contribution in [3.05, 3.63) is 62.9 Å². The quantitative estimate of drug-likeness (QED) is 0.210. The molecule has 4 heterocycles. The largest absolute Gasteiger partial charge is 0.458 e. The Hall–Kier alpha value is -3.56. The Balaban J connectivity index is 1.75. The van der Waals surface area contributed by atoms with Gasteiger partial charge in [0.1, 0.15) is 13.2 Å². The zero-order chi connectivity index (χ0) is 22.5. The van der Waals surface area contributed by atoms with Gasteiger partial charge in [0, 0.05) is 28.6 Å². The zero-order valence-electron chi connectivity index (χ0n) is 17.5. The molecular weight excluding hydrogens is 412 g/mol. The number of oxime groups is 1. The van der Waals surface area contributed by atoms with E-state index in [9.17, 15) is 14.7 Å². The van der Waals surface area contributed by atoms with Crippen molar-refractivity contribution < 1.29 is 19.5 Å². The van der Waals surface area contributed by atoms with E-state index in [-0.39, 0.29) is 42.9 Å². The number of aromatic nitrogens is 2. The van der Waals surface area contributed by atoms with Gasteiger partial charge >= 0.3 is 5.97 Å². The predicted octanol–water partition coefficient (Wildman–Crippen LogP) is 1.39. The van der Waals surface area contributed by atoms with Crippen LogP contribution in [0, 0.1) is 0 Å². The summed E-state index contributed by atoms with van der Waals surface area (Å²) in [7, 11) is 0. The number of carbonyl (C=O) groups is 1. The predicted molar refractivity (Wildman–Crippen MR) is 117 cm³/mol. The molecule has 3 aromatic rings. The SMILES string of the molecule is CC[C@@]1(O)C(=O)OCc2c1cc1n(c2=O)Cc2c-1nc1ccccc1c2/C=N\OCCN. The van der Waals surface area contributed by atoms with Gasteiger partial charge in [-0.15, -0.1) is 0 Å². The Morgan fingerprint density at radius 1 is 1.34 bits per heavy atom. The van der Waals surface area contributed by atoms with E-state index < -0.39 is 11.6 Å². The molecule has 5 rings (SSSR count). The van der Waals surface area contributed by atoms with Gasteiger partial charge in [-0.3, -0.25) is 4.79 Å². The summed E-state index contributed by atoms with van der Waals surface area (Å²) < 4.78 is 6.73. The van der Waals surface area contributed by atoms with Crippen molar-refractivity contribution in [1.82, 2.24) is 9.55 Å². The van der Waals surface area contributed by atoms with Crippen LogP contribution < -0.4 is 11.3 Å². The molecule has 9 heteroatoms. The minimum absolute atomic E-state index is 0.0934. The van der Waals surface area contributed by atoms with Gasteiger partial charge in [-0.25, -0.2) is 9.78 Å². The van der Waals surface area contributed by atoms with Gasteiger partial charge in [-0.1, -0.05) is 30.3 Å². The summed E-state index contributed by atoms with van der Waals surface area (Å²) in [5, 5.41) is 15.9. The van der Waals surface area contributed by atoms with Gasteiger partial charge in [0.25, 0.3) is 5.56 Å². The number of nitrogens with two attached hydrogens (primary N) is 1. The highest BCUT2D eigenvalue weighted by Gasteiger charge is 2.45. The number of esters is 1. The number of benzene rings is 1. The van der Waals surface area contributed by atoms with Crippen LogP contribution in [0.1, 0.15) is 35.6 Å². The number of para-hydroxylation sites is 1. The summed E-state index contributed by atoms with van der Waals surface area (Å²) >= 11 is 0. The molecule has 1 aromatic carbocycles. The van der Waals surface area contributed by atoms with Crippen molar-refractivity contribution in [1.29, 1.82) is 0 Å². The lowest BCUT2D eigenvalue weighted by molar-refractivity contribution is -0.172. The molecule has 0 amide bonds. The highest BCUT2D eigenvalue weighted by atomic mass is 16.6. The van der Waals surface area contributed by atoms with Crippen LogP contribution >= 0.6 is 0 Å². The number of pyridine rings is 2. The lowest BCUT2D eigenvalue weighted by Gasteiger charge is -2.31. The molecule has 0 radical (unpaired) electrons. The van der Waals surface area contributed by atoms with Gasteiger partial charge in [-0.2, -0.15) is 0 Å². The first-order valence-electron chi connectivity index (χ1n) is 10.4. The molecule has 0 aliphatic carbocycles. The summed E-state index contributed by atoms with van der Waals surface area (Å²) in [5.74, 6) is -0.744. The first-order valence-corrected chi connectivity index (χ1v) is 10.4. The summed E-state index contributed by atoms with van der Waals surface area (Å²) in [5.41, 5.74) is 7.38.